The highest BCUT2D eigenvalue weighted by atomic mass is 28.2. The fraction of sp³-hybridized carbons (Fsp3) is 0.280. The highest BCUT2D eigenvalue weighted by Gasteiger charge is 2.39. The van der Waals surface area contributed by atoms with Gasteiger partial charge in [0.05, 0.1) is 6.61 Å². The first-order chi connectivity index (χ1) is 13.4. The Labute approximate surface area is 171 Å². The summed E-state index contributed by atoms with van der Waals surface area (Å²) in [6.07, 6.45) is 0. The largest absolute Gasteiger partial charge is 0.400 e. The molecule has 28 heavy (non-hydrogen) atoms. The third-order valence-electron chi connectivity index (χ3n) is 4.72. The van der Waals surface area contributed by atoms with Crippen molar-refractivity contribution < 1.29 is 9.53 Å². The van der Waals surface area contributed by atoms with Crippen LogP contribution in [0, 0.1) is 6.92 Å². The van der Waals surface area contributed by atoms with Crippen molar-refractivity contribution in [1.82, 2.24) is 0 Å². The standard InChI is InChI=1S/C25H28O2Si/c1-19-17-20(18-26)15-16-23(19)25(27-28-24(2,3)4,21-11-7-5-8-12-21)22-13-9-6-10-14-22/h5-17,26H,18H2,1-4H3. The maximum Gasteiger partial charge on any atom is 0.237 e. The summed E-state index contributed by atoms with van der Waals surface area (Å²) in [5, 5.41) is 9.62. The van der Waals surface area contributed by atoms with E-state index in [2.05, 4.69) is 88.4 Å². The summed E-state index contributed by atoms with van der Waals surface area (Å²) in [7, 11) is 0.314. The summed E-state index contributed by atoms with van der Waals surface area (Å²) in [6.45, 7) is 8.74. The van der Waals surface area contributed by atoms with Crippen molar-refractivity contribution in [2.75, 3.05) is 0 Å². The number of benzene rings is 3. The van der Waals surface area contributed by atoms with Crippen LogP contribution in [0.2, 0.25) is 5.04 Å². The topological polar surface area (TPSA) is 29.5 Å². The molecule has 0 aliphatic carbocycles. The molecule has 144 valence electrons. The minimum atomic E-state index is -0.702. The number of aryl methyl sites for hydroxylation is 1. The molecule has 2 radical (unpaired) electrons. The van der Waals surface area contributed by atoms with Gasteiger partial charge in [-0.05, 0) is 39.8 Å². The first-order valence-corrected chi connectivity index (χ1v) is 10.5. The van der Waals surface area contributed by atoms with Gasteiger partial charge in [0, 0.05) is 0 Å². The normalized spacial score (nSPS) is 12.2. The SMILES string of the molecule is Cc1cc(CO)ccc1C(O[Si]C(C)(C)C)(c1ccccc1)c1ccccc1. The molecule has 0 unspecified atom stereocenters. The monoisotopic (exact) mass is 388 g/mol. The molecule has 3 aromatic rings. The maximum atomic E-state index is 9.57. The summed E-state index contributed by atoms with van der Waals surface area (Å²) in [5.74, 6) is 0. The van der Waals surface area contributed by atoms with E-state index in [9.17, 15) is 5.11 Å². The van der Waals surface area contributed by atoms with Gasteiger partial charge in [0.1, 0.15) is 5.60 Å². The molecule has 3 rings (SSSR count). The fourth-order valence-corrected chi connectivity index (χ4v) is 4.25. The summed E-state index contributed by atoms with van der Waals surface area (Å²) in [6, 6.07) is 27.0. The van der Waals surface area contributed by atoms with Gasteiger partial charge >= 0.3 is 0 Å². The zero-order valence-corrected chi connectivity index (χ0v) is 18.1. The van der Waals surface area contributed by atoms with Crippen LogP contribution in [0.15, 0.2) is 78.9 Å². The molecule has 3 aromatic carbocycles. The molecule has 0 amide bonds. The number of hydrogen-bond acceptors (Lipinski definition) is 2. The summed E-state index contributed by atoms with van der Waals surface area (Å²) in [4.78, 5) is 0. The predicted octanol–water partition coefficient (Wildman–Crippen LogP) is 5.63. The molecule has 0 saturated heterocycles. The van der Waals surface area contributed by atoms with Crippen LogP contribution in [0.5, 0.6) is 0 Å². The van der Waals surface area contributed by atoms with Gasteiger partial charge in [-0.1, -0.05) is 99.6 Å². The third-order valence-corrected chi connectivity index (χ3v) is 5.74. The third kappa shape index (κ3) is 4.27. The Morgan fingerprint density at radius 1 is 0.821 bits per heavy atom. The van der Waals surface area contributed by atoms with Crippen molar-refractivity contribution in [3.05, 3.63) is 107 Å². The van der Waals surface area contributed by atoms with E-state index in [1.165, 1.54) is 0 Å². The molecule has 0 spiro atoms. The number of aliphatic hydroxyl groups excluding tert-OH is 1. The first-order valence-electron chi connectivity index (χ1n) is 9.64. The average molecular weight is 389 g/mol. The van der Waals surface area contributed by atoms with Crippen LogP contribution in [0.4, 0.5) is 0 Å². The quantitative estimate of drug-likeness (QED) is 0.438. The first kappa shape index (κ1) is 20.5. The molecule has 0 heterocycles. The van der Waals surface area contributed by atoms with Gasteiger partial charge < -0.3 is 9.53 Å². The fourth-order valence-electron chi connectivity index (χ4n) is 3.45. The zero-order chi connectivity index (χ0) is 20.2. The minimum Gasteiger partial charge on any atom is -0.400 e. The number of aliphatic hydroxyl groups is 1. The van der Waals surface area contributed by atoms with E-state index in [1.807, 2.05) is 18.2 Å². The Morgan fingerprint density at radius 2 is 1.36 bits per heavy atom. The van der Waals surface area contributed by atoms with Crippen molar-refractivity contribution in [2.24, 2.45) is 0 Å². The van der Waals surface area contributed by atoms with Crippen LogP contribution >= 0.6 is 0 Å². The molecule has 0 atom stereocenters. The minimum absolute atomic E-state index is 0.0371. The number of hydrogen-bond donors (Lipinski definition) is 1. The van der Waals surface area contributed by atoms with Crippen molar-refractivity contribution >= 4 is 9.76 Å². The van der Waals surface area contributed by atoms with Crippen LogP contribution < -0.4 is 0 Å². The summed E-state index contributed by atoms with van der Waals surface area (Å²) in [5.41, 5.74) is 4.65. The van der Waals surface area contributed by atoms with Gasteiger partial charge in [-0.15, -0.1) is 0 Å². The van der Waals surface area contributed by atoms with Crippen LogP contribution in [0.25, 0.3) is 0 Å². The van der Waals surface area contributed by atoms with E-state index < -0.39 is 5.60 Å². The summed E-state index contributed by atoms with van der Waals surface area (Å²) >= 11 is 0. The smallest absolute Gasteiger partial charge is 0.237 e. The lowest BCUT2D eigenvalue weighted by Crippen LogP contribution is -2.37. The average Bonchev–Trinajstić information content (AvgIpc) is 2.70. The lowest BCUT2D eigenvalue weighted by molar-refractivity contribution is 0.156. The van der Waals surface area contributed by atoms with Gasteiger partial charge in [-0.3, -0.25) is 0 Å². The predicted molar refractivity (Wildman–Crippen MR) is 116 cm³/mol. The van der Waals surface area contributed by atoms with E-state index in [-0.39, 0.29) is 11.6 Å². The van der Waals surface area contributed by atoms with Gasteiger partial charge in [-0.25, -0.2) is 0 Å². The van der Waals surface area contributed by atoms with Gasteiger partial charge in [-0.2, -0.15) is 0 Å². The molecule has 0 aliphatic rings. The van der Waals surface area contributed by atoms with E-state index >= 15 is 0 Å². The molecule has 0 bridgehead atoms. The zero-order valence-electron chi connectivity index (χ0n) is 17.1. The van der Waals surface area contributed by atoms with Crippen LogP contribution in [0.1, 0.15) is 48.6 Å². The van der Waals surface area contributed by atoms with Crippen LogP contribution in [0.3, 0.4) is 0 Å². The number of rotatable bonds is 6. The van der Waals surface area contributed by atoms with Crippen molar-refractivity contribution in [3.8, 4) is 0 Å². The van der Waals surface area contributed by atoms with Gasteiger partial charge in [0.25, 0.3) is 0 Å². The Balaban J connectivity index is 2.30. The summed E-state index contributed by atoms with van der Waals surface area (Å²) < 4.78 is 6.87. The lowest BCUT2D eigenvalue weighted by atomic mass is 9.78. The van der Waals surface area contributed by atoms with E-state index in [0.29, 0.717) is 9.76 Å². The molecular weight excluding hydrogens is 360 g/mol. The van der Waals surface area contributed by atoms with Gasteiger partial charge in [0.15, 0.2) is 0 Å². The molecule has 3 heteroatoms. The molecule has 0 fully saturated rings. The molecule has 0 aliphatic heterocycles. The molecule has 2 nitrogen and oxygen atoms in total. The second-order valence-electron chi connectivity index (χ2n) is 8.17. The van der Waals surface area contributed by atoms with Crippen molar-refractivity contribution in [1.29, 1.82) is 0 Å². The second kappa shape index (κ2) is 8.44. The molecule has 1 N–H and O–H groups in total. The van der Waals surface area contributed by atoms with Crippen LogP contribution in [-0.2, 0) is 16.6 Å². The second-order valence-corrected chi connectivity index (χ2v) is 10.1. The highest BCUT2D eigenvalue weighted by Crippen LogP contribution is 2.43. The Bertz CT molecular complexity index is 859. The van der Waals surface area contributed by atoms with Crippen LogP contribution in [-0.4, -0.2) is 14.9 Å². The molecule has 0 aromatic heterocycles. The van der Waals surface area contributed by atoms with Gasteiger partial charge in [0.2, 0.25) is 9.76 Å². The Kier molecular flexibility index (Phi) is 6.19. The molecule has 0 saturated carbocycles. The lowest BCUT2D eigenvalue weighted by Gasteiger charge is -2.39. The molecular formula is C25H28O2Si. The highest BCUT2D eigenvalue weighted by molar-refractivity contribution is 6.32. The van der Waals surface area contributed by atoms with Crippen molar-refractivity contribution in [3.63, 3.8) is 0 Å². The Hall–Kier alpha value is -2.20. The van der Waals surface area contributed by atoms with Crippen molar-refractivity contribution in [2.45, 2.75) is 44.9 Å². The van der Waals surface area contributed by atoms with E-state index in [0.717, 1.165) is 27.8 Å². The Morgan fingerprint density at radius 3 is 1.79 bits per heavy atom. The van der Waals surface area contributed by atoms with E-state index in [4.69, 9.17) is 4.43 Å². The maximum absolute atomic E-state index is 9.57. The van der Waals surface area contributed by atoms with E-state index in [1.54, 1.807) is 0 Å².